The van der Waals surface area contributed by atoms with E-state index in [0.717, 1.165) is 6.42 Å². The van der Waals surface area contributed by atoms with Crippen LogP contribution in [0.25, 0.3) is 0 Å². The molecule has 0 radical (unpaired) electrons. The van der Waals surface area contributed by atoms with Crippen LogP contribution in [0.1, 0.15) is 26.7 Å². The average molecular weight is 242 g/mol. The van der Waals surface area contributed by atoms with Crippen LogP contribution in [0.15, 0.2) is 0 Å². The van der Waals surface area contributed by atoms with Gasteiger partial charge in [0.05, 0.1) is 12.5 Å². The topological polar surface area (TPSA) is 58.6 Å². The van der Waals surface area contributed by atoms with E-state index in [1.54, 1.807) is 4.90 Å². The maximum Gasteiger partial charge on any atom is 0.312 e. The zero-order valence-electron chi connectivity index (χ0n) is 11.1. The Bertz CT molecular complexity index is 302. The van der Waals surface area contributed by atoms with Crippen molar-refractivity contribution in [1.29, 1.82) is 0 Å². The van der Waals surface area contributed by atoms with E-state index < -0.39 is 5.41 Å². The molecule has 5 nitrogen and oxygen atoms in total. The molecule has 1 unspecified atom stereocenters. The second kappa shape index (κ2) is 5.49. The van der Waals surface area contributed by atoms with E-state index >= 15 is 0 Å². The fourth-order valence-electron chi connectivity index (χ4n) is 1.93. The van der Waals surface area contributed by atoms with E-state index in [1.807, 2.05) is 20.9 Å². The summed E-state index contributed by atoms with van der Waals surface area (Å²) >= 11 is 0. The van der Waals surface area contributed by atoms with Gasteiger partial charge in [-0.1, -0.05) is 0 Å². The summed E-state index contributed by atoms with van der Waals surface area (Å²) in [7, 11) is 3.21. The molecule has 0 aromatic heterocycles. The smallest absolute Gasteiger partial charge is 0.312 e. The Morgan fingerprint density at radius 2 is 2.24 bits per heavy atom. The molecular weight excluding hydrogens is 220 g/mol. The summed E-state index contributed by atoms with van der Waals surface area (Å²) in [6.07, 6.45) is 1.41. The van der Waals surface area contributed by atoms with Gasteiger partial charge in [-0.2, -0.15) is 0 Å². The SMILES string of the molecule is COC(=O)C(C)(C)CNC1CCC(=O)N(C)C1. The molecule has 0 bridgehead atoms. The van der Waals surface area contributed by atoms with E-state index in [1.165, 1.54) is 7.11 Å². The number of hydrogen-bond donors (Lipinski definition) is 1. The van der Waals surface area contributed by atoms with Crippen molar-refractivity contribution in [3.05, 3.63) is 0 Å². The molecule has 1 heterocycles. The molecule has 1 saturated heterocycles. The van der Waals surface area contributed by atoms with Crippen LogP contribution < -0.4 is 5.32 Å². The number of piperidine rings is 1. The van der Waals surface area contributed by atoms with Crippen LogP contribution in [-0.4, -0.2) is 50.1 Å². The van der Waals surface area contributed by atoms with Crippen molar-refractivity contribution in [2.24, 2.45) is 5.41 Å². The van der Waals surface area contributed by atoms with E-state index in [4.69, 9.17) is 4.74 Å². The zero-order chi connectivity index (χ0) is 13.1. The number of methoxy groups -OCH3 is 1. The maximum absolute atomic E-state index is 11.5. The van der Waals surface area contributed by atoms with Gasteiger partial charge < -0.3 is 15.0 Å². The lowest BCUT2D eigenvalue weighted by Gasteiger charge is -2.32. The van der Waals surface area contributed by atoms with Gasteiger partial charge >= 0.3 is 5.97 Å². The maximum atomic E-state index is 11.5. The molecule has 1 fully saturated rings. The molecule has 98 valence electrons. The lowest BCUT2D eigenvalue weighted by atomic mass is 9.92. The third kappa shape index (κ3) is 3.70. The molecule has 5 heteroatoms. The Labute approximate surface area is 102 Å². The van der Waals surface area contributed by atoms with Gasteiger partial charge in [-0.05, 0) is 20.3 Å². The number of rotatable bonds is 4. The minimum absolute atomic E-state index is 0.190. The number of ether oxygens (including phenoxy) is 1. The summed E-state index contributed by atoms with van der Waals surface area (Å²) in [4.78, 5) is 24.5. The molecule has 0 aliphatic carbocycles. The van der Waals surface area contributed by atoms with Crippen molar-refractivity contribution in [1.82, 2.24) is 10.2 Å². The number of nitrogens with zero attached hydrogens (tertiary/aromatic N) is 1. The summed E-state index contributed by atoms with van der Waals surface area (Å²) < 4.78 is 4.75. The molecule has 0 aromatic carbocycles. The highest BCUT2D eigenvalue weighted by Gasteiger charge is 2.30. The monoisotopic (exact) mass is 242 g/mol. The Hall–Kier alpha value is -1.10. The standard InChI is InChI=1S/C12H22N2O3/c1-12(2,11(16)17-4)8-13-9-5-6-10(15)14(3)7-9/h9,13H,5-8H2,1-4H3. The Morgan fingerprint density at radius 3 is 2.76 bits per heavy atom. The first-order chi connectivity index (χ1) is 7.86. The molecule has 0 aromatic rings. The van der Waals surface area contributed by atoms with Crippen LogP contribution in [-0.2, 0) is 14.3 Å². The van der Waals surface area contributed by atoms with Crippen LogP contribution >= 0.6 is 0 Å². The summed E-state index contributed by atoms with van der Waals surface area (Å²) in [5, 5.41) is 3.33. The third-order valence-corrected chi connectivity index (χ3v) is 3.20. The molecule has 1 amide bonds. The quantitative estimate of drug-likeness (QED) is 0.725. The molecule has 0 spiro atoms. The predicted octanol–water partition coefficient (Wildman–Crippen LogP) is 0.396. The Kier molecular flexibility index (Phi) is 4.51. The molecule has 17 heavy (non-hydrogen) atoms. The van der Waals surface area contributed by atoms with Gasteiger partial charge in [-0.25, -0.2) is 0 Å². The second-order valence-electron chi connectivity index (χ2n) is 5.27. The predicted molar refractivity (Wildman–Crippen MR) is 64.5 cm³/mol. The van der Waals surface area contributed by atoms with E-state index in [2.05, 4.69) is 5.32 Å². The van der Waals surface area contributed by atoms with Gasteiger partial charge in [0.1, 0.15) is 0 Å². The van der Waals surface area contributed by atoms with E-state index in [-0.39, 0.29) is 17.9 Å². The molecule has 1 rings (SSSR count). The van der Waals surface area contributed by atoms with E-state index in [9.17, 15) is 9.59 Å². The van der Waals surface area contributed by atoms with Gasteiger partial charge in [-0.3, -0.25) is 9.59 Å². The lowest BCUT2D eigenvalue weighted by Crippen LogP contribution is -2.49. The number of carbonyl (C=O) groups excluding carboxylic acids is 2. The highest BCUT2D eigenvalue weighted by molar-refractivity contribution is 5.77. The summed E-state index contributed by atoms with van der Waals surface area (Å²) in [5.41, 5.74) is -0.533. The van der Waals surface area contributed by atoms with Crippen molar-refractivity contribution in [3.63, 3.8) is 0 Å². The number of esters is 1. The van der Waals surface area contributed by atoms with Crippen LogP contribution in [0.2, 0.25) is 0 Å². The minimum atomic E-state index is -0.533. The summed E-state index contributed by atoms with van der Waals surface area (Å²) in [6, 6.07) is 0.265. The van der Waals surface area contributed by atoms with Gasteiger partial charge in [0, 0.05) is 32.6 Å². The Balaban J connectivity index is 2.41. The van der Waals surface area contributed by atoms with Crippen LogP contribution in [0.5, 0.6) is 0 Å². The minimum Gasteiger partial charge on any atom is -0.469 e. The first-order valence-electron chi connectivity index (χ1n) is 5.92. The van der Waals surface area contributed by atoms with Crippen molar-refractivity contribution in [3.8, 4) is 0 Å². The number of carbonyl (C=O) groups is 2. The van der Waals surface area contributed by atoms with E-state index in [0.29, 0.717) is 19.5 Å². The molecule has 1 atom stereocenters. The highest BCUT2D eigenvalue weighted by atomic mass is 16.5. The number of likely N-dealkylation sites (tertiary alicyclic amines) is 1. The number of likely N-dealkylation sites (N-methyl/N-ethyl adjacent to an activating group) is 1. The molecule has 1 aliphatic heterocycles. The molecule has 1 aliphatic rings. The van der Waals surface area contributed by atoms with Crippen LogP contribution in [0, 0.1) is 5.41 Å². The molecule has 1 N–H and O–H groups in total. The largest absolute Gasteiger partial charge is 0.469 e. The highest BCUT2D eigenvalue weighted by Crippen LogP contribution is 2.17. The van der Waals surface area contributed by atoms with Crippen molar-refractivity contribution in [2.45, 2.75) is 32.7 Å². The zero-order valence-corrected chi connectivity index (χ0v) is 11.1. The number of amides is 1. The number of nitrogens with one attached hydrogen (secondary N) is 1. The normalized spacial score (nSPS) is 21.5. The van der Waals surface area contributed by atoms with Crippen molar-refractivity contribution >= 4 is 11.9 Å². The van der Waals surface area contributed by atoms with Crippen molar-refractivity contribution in [2.75, 3.05) is 27.2 Å². The van der Waals surface area contributed by atoms with Gasteiger partial charge in [0.2, 0.25) is 5.91 Å². The van der Waals surface area contributed by atoms with Gasteiger partial charge in [0.15, 0.2) is 0 Å². The number of hydrogen-bond acceptors (Lipinski definition) is 4. The molecular formula is C12H22N2O3. The fourth-order valence-corrected chi connectivity index (χ4v) is 1.93. The fraction of sp³-hybridized carbons (Fsp3) is 0.833. The summed E-state index contributed by atoms with van der Waals surface area (Å²) in [5.74, 6) is -0.0273. The first kappa shape index (κ1) is 14.0. The van der Waals surface area contributed by atoms with Crippen LogP contribution in [0.3, 0.4) is 0 Å². The van der Waals surface area contributed by atoms with Crippen molar-refractivity contribution < 1.29 is 14.3 Å². The lowest BCUT2D eigenvalue weighted by molar-refractivity contribution is -0.150. The van der Waals surface area contributed by atoms with Gasteiger partial charge in [-0.15, -0.1) is 0 Å². The van der Waals surface area contributed by atoms with Crippen LogP contribution in [0.4, 0.5) is 0 Å². The Morgan fingerprint density at radius 1 is 1.59 bits per heavy atom. The average Bonchev–Trinajstić information content (AvgIpc) is 2.29. The molecule has 0 saturated carbocycles. The van der Waals surface area contributed by atoms with Gasteiger partial charge in [0.25, 0.3) is 0 Å². The summed E-state index contributed by atoms with van der Waals surface area (Å²) in [6.45, 7) is 4.97. The third-order valence-electron chi connectivity index (χ3n) is 3.20. The first-order valence-corrected chi connectivity index (χ1v) is 5.92. The second-order valence-corrected chi connectivity index (χ2v) is 5.27.